The number of benzene rings is 1. The Morgan fingerprint density at radius 3 is 2.71 bits per heavy atom. The van der Waals surface area contributed by atoms with Crippen LogP contribution in [0.2, 0.25) is 0 Å². The van der Waals surface area contributed by atoms with Gasteiger partial charge in [-0.05, 0) is 31.5 Å². The summed E-state index contributed by atoms with van der Waals surface area (Å²) in [6.45, 7) is 4.01. The van der Waals surface area contributed by atoms with Crippen LogP contribution >= 0.6 is 12.4 Å². The van der Waals surface area contributed by atoms with Gasteiger partial charge in [0, 0.05) is 5.69 Å². The van der Waals surface area contributed by atoms with Crippen LogP contribution in [0.4, 0.5) is 5.69 Å². The summed E-state index contributed by atoms with van der Waals surface area (Å²) in [5.74, 6) is -0.313. The fraction of sp³-hybridized carbons (Fsp3) is 0.300. The van der Waals surface area contributed by atoms with Crippen molar-refractivity contribution < 1.29 is 9.53 Å². The molecule has 0 heterocycles. The van der Waals surface area contributed by atoms with Crippen molar-refractivity contribution in [2.24, 2.45) is 0 Å². The van der Waals surface area contributed by atoms with Gasteiger partial charge in [0.05, 0.1) is 12.2 Å². The second-order valence-corrected chi connectivity index (χ2v) is 2.79. The van der Waals surface area contributed by atoms with Crippen molar-refractivity contribution in [2.45, 2.75) is 13.8 Å². The van der Waals surface area contributed by atoms with Gasteiger partial charge < -0.3 is 10.5 Å². The van der Waals surface area contributed by atoms with Crippen molar-refractivity contribution in [3.63, 3.8) is 0 Å². The Labute approximate surface area is 89.7 Å². The first-order valence-corrected chi connectivity index (χ1v) is 4.18. The SMILES string of the molecule is CCOC(=O)c1cc(N)ccc1C.Cl. The fourth-order valence-corrected chi connectivity index (χ4v) is 1.07. The summed E-state index contributed by atoms with van der Waals surface area (Å²) < 4.78 is 4.87. The quantitative estimate of drug-likeness (QED) is 0.608. The largest absolute Gasteiger partial charge is 0.462 e. The molecule has 0 spiro atoms. The zero-order valence-corrected chi connectivity index (χ0v) is 9.06. The van der Waals surface area contributed by atoms with E-state index in [1.54, 1.807) is 19.1 Å². The van der Waals surface area contributed by atoms with E-state index in [9.17, 15) is 4.79 Å². The minimum absolute atomic E-state index is 0. The topological polar surface area (TPSA) is 52.3 Å². The monoisotopic (exact) mass is 215 g/mol. The lowest BCUT2D eigenvalue weighted by Crippen LogP contribution is -2.07. The van der Waals surface area contributed by atoms with Gasteiger partial charge >= 0.3 is 5.97 Å². The number of nitrogens with two attached hydrogens (primary N) is 1. The Morgan fingerprint density at radius 1 is 1.50 bits per heavy atom. The van der Waals surface area contributed by atoms with Crippen LogP contribution in [0.1, 0.15) is 22.8 Å². The van der Waals surface area contributed by atoms with E-state index in [1.165, 1.54) is 0 Å². The summed E-state index contributed by atoms with van der Waals surface area (Å²) in [6, 6.07) is 5.20. The number of hydrogen-bond acceptors (Lipinski definition) is 3. The first-order chi connectivity index (χ1) is 6.15. The third-order valence-corrected chi connectivity index (χ3v) is 1.76. The van der Waals surface area contributed by atoms with Crippen molar-refractivity contribution in [2.75, 3.05) is 12.3 Å². The summed E-state index contributed by atoms with van der Waals surface area (Å²) in [5, 5.41) is 0. The molecular weight excluding hydrogens is 202 g/mol. The normalized spacial score (nSPS) is 9.00. The number of carbonyl (C=O) groups is 1. The molecule has 0 radical (unpaired) electrons. The molecule has 0 atom stereocenters. The summed E-state index contributed by atoms with van der Waals surface area (Å²) in [4.78, 5) is 11.3. The standard InChI is InChI=1S/C10H13NO2.ClH/c1-3-13-10(12)9-6-8(11)5-4-7(9)2;/h4-6H,3,11H2,1-2H3;1H. The van der Waals surface area contributed by atoms with Gasteiger partial charge in [-0.15, -0.1) is 12.4 Å². The molecular formula is C10H14ClNO2. The van der Waals surface area contributed by atoms with Gasteiger partial charge in [-0.2, -0.15) is 0 Å². The number of nitrogen functional groups attached to an aromatic ring is 1. The van der Waals surface area contributed by atoms with Gasteiger partial charge in [0.15, 0.2) is 0 Å². The number of halogens is 1. The van der Waals surface area contributed by atoms with E-state index >= 15 is 0 Å². The van der Waals surface area contributed by atoms with Gasteiger partial charge in [0.25, 0.3) is 0 Å². The first-order valence-electron chi connectivity index (χ1n) is 4.18. The van der Waals surface area contributed by atoms with E-state index in [4.69, 9.17) is 10.5 Å². The lowest BCUT2D eigenvalue weighted by Gasteiger charge is -2.05. The van der Waals surface area contributed by atoms with Crippen LogP contribution in [-0.4, -0.2) is 12.6 Å². The Bertz CT molecular complexity index is 326. The molecule has 0 saturated carbocycles. The maximum absolute atomic E-state index is 11.3. The lowest BCUT2D eigenvalue weighted by atomic mass is 10.1. The predicted octanol–water partition coefficient (Wildman–Crippen LogP) is 2.18. The minimum atomic E-state index is -0.313. The second-order valence-electron chi connectivity index (χ2n) is 2.79. The van der Waals surface area contributed by atoms with E-state index in [2.05, 4.69) is 0 Å². The molecule has 1 rings (SSSR count). The number of esters is 1. The summed E-state index contributed by atoms with van der Waals surface area (Å²) in [6.07, 6.45) is 0. The van der Waals surface area contributed by atoms with Crippen molar-refractivity contribution >= 4 is 24.1 Å². The Balaban J connectivity index is 0.00000169. The van der Waals surface area contributed by atoms with Gasteiger partial charge in [-0.25, -0.2) is 4.79 Å². The molecule has 0 saturated heterocycles. The Morgan fingerprint density at radius 2 is 2.14 bits per heavy atom. The third-order valence-electron chi connectivity index (χ3n) is 1.76. The molecule has 0 aliphatic rings. The van der Waals surface area contributed by atoms with Gasteiger partial charge in [0.1, 0.15) is 0 Å². The van der Waals surface area contributed by atoms with E-state index in [0.717, 1.165) is 5.56 Å². The van der Waals surface area contributed by atoms with Crippen LogP contribution in [0.5, 0.6) is 0 Å². The van der Waals surface area contributed by atoms with Crippen LogP contribution in [0.15, 0.2) is 18.2 Å². The van der Waals surface area contributed by atoms with Gasteiger partial charge in [-0.1, -0.05) is 6.07 Å². The first kappa shape index (κ1) is 12.8. The van der Waals surface area contributed by atoms with Gasteiger partial charge in [0.2, 0.25) is 0 Å². The number of rotatable bonds is 2. The summed E-state index contributed by atoms with van der Waals surface area (Å²) in [7, 11) is 0. The molecule has 1 aromatic rings. The predicted molar refractivity (Wildman–Crippen MR) is 58.8 cm³/mol. The lowest BCUT2D eigenvalue weighted by molar-refractivity contribution is 0.0525. The molecule has 0 bridgehead atoms. The Hall–Kier alpha value is -1.22. The number of carbonyl (C=O) groups excluding carboxylic acids is 1. The number of anilines is 1. The highest BCUT2D eigenvalue weighted by molar-refractivity contribution is 5.92. The number of aryl methyl sites for hydroxylation is 1. The second kappa shape index (κ2) is 5.50. The molecule has 0 fully saturated rings. The summed E-state index contributed by atoms with van der Waals surface area (Å²) in [5.41, 5.74) is 7.56. The Kier molecular flexibility index (Phi) is 5.02. The molecule has 0 aliphatic carbocycles. The molecule has 0 amide bonds. The molecule has 4 heteroatoms. The van der Waals surface area contributed by atoms with Crippen LogP contribution in [0.3, 0.4) is 0 Å². The van der Waals surface area contributed by atoms with Crippen molar-refractivity contribution in [3.05, 3.63) is 29.3 Å². The number of hydrogen-bond donors (Lipinski definition) is 1. The molecule has 0 aromatic heterocycles. The molecule has 3 nitrogen and oxygen atoms in total. The molecule has 2 N–H and O–H groups in total. The zero-order valence-electron chi connectivity index (χ0n) is 8.24. The summed E-state index contributed by atoms with van der Waals surface area (Å²) >= 11 is 0. The highest BCUT2D eigenvalue weighted by Gasteiger charge is 2.09. The van der Waals surface area contributed by atoms with E-state index in [-0.39, 0.29) is 18.4 Å². The highest BCUT2D eigenvalue weighted by Crippen LogP contribution is 2.13. The van der Waals surface area contributed by atoms with Crippen LogP contribution in [-0.2, 0) is 4.74 Å². The fourth-order valence-electron chi connectivity index (χ4n) is 1.07. The number of ether oxygens (including phenoxy) is 1. The third kappa shape index (κ3) is 2.92. The minimum Gasteiger partial charge on any atom is -0.462 e. The van der Waals surface area contributed by atoms with Gasteiger partial charge in [-0.3, -0.25) is 0 Å². The van der Waals surface area contributed by atoms with Crippen LogP contribution < -0.4 is 5.73 Å². The molecule has 0 aliphatic heterocycles. The molecule has 14 heavy (non-hydrogen) atoms. The average molecular weight is 216 g/mol. The van der Waals surface area contributed by atoms with Crippen molar-refractivity contribution in [3.8, 4) is 0 Å². The smallest absolute Gasteiger partial charge is 0.338 e. The zero-order chi connectivity index (χ0) is 9.84. The maximum Gasteiger partial charge on any atom is 0.338 e. The van der Waals surface area contributed by atoms with Crippen molar-refractivity contribution in [1.29, 1.82) is 0 Å². The maximum atomic E-state index is 11.3. The van der Waals surface area contributed by atoms with E-state index in [1.807, 2.05) is 13.0 Å². The van der Waals surface area contributed by atoms with E-state index in [0.29, 0.717) is 17.9 Å². The highest BCUT2D eigenvalue weighted by atomic mass is 35.5. The van der Waals surface area contributed by atoms with Crippen LogP contribution in [0.25, 0.3) is 0 Å². The van der Waals surface area contributed by atoms with Crippen molar-refractivity contribution in [1.82, 2.24) is 0 Å². The molecule has 1 aromatic carbocycles. The molecule has 0 unspecified atom stereocenters. The molecule has 78 valence electrons. The van der Waals surface area contributed by atoms with Crippen LogP contribution in [0, 0.1) is 6.92 Å². The van der Waals surface area contributed by atoms with E-state index < -0.39 is 0 Å². The average Bonchev–Trinajstić information content (AvgIpc) is 2.09.